The monoisotopic (exact) mass is 408 g/mol. The van der Waals surface area contributed by atoms with Gasteiger partial charge in [0.1, 0.15) is 11.5 Å². The zero-order chi connectivity index (χ0) is 21.1. The highest BCUT2D eigenvalue weighted by atomic mass is 16.5. The van der Waals surface area contributed by atoms with Crippen molar-refractivity contribution in [1.29, 1.82) is 0 Å². The van der Waals surface area contributed by atoms with Crippen LogP contribution in [0.2, 0.25) is 0 Å². The van der Waals surface area contributed by atoms with E-state index < -0.39 is 0 Å². The van der Waals surface area contributed by atoms with Gasteiger partial charge in [0.05, 0.1) is 13.7 Å². The van der Waals surface area contributed by atoms with Crippen molar-refractivity contribution in [1.82, 2.24) is 24.4 Å². The van der Waals surface area contributed by atoms with E-state index in [0.29, 0.717) is 29.4 Å². The lowest BCUT2D eigenvalue weighted by Gasteiger charge is -2.28. The fourth-order valence-corrected chi connectivity index (χ4v) is 3.38. The third-order valence-electron chi connectivity index (χ3n) is 5.01. The van der Waals surface area contributed by atoms with Crippen molar-refractivity contribution < 1.29 is 9.47 Å². The molecule has 30 heavy (non-hydrogen) atoms. The predicted octanol–water partition coefficient (Wildman–Crippen LogP) is 1.36. The molecular formula is C21H24N6O3. The molecule has 0 bridgehead atoms. The number of ether oxygens (including phenoxy) is 2. The van der Waals surface area contributed by atoms with Crippen LogP contribution in [0.25, 0.3) is 11.2 Å². The van der Waals surface area contributed by atoms with Crippen molar-refractivity contribution in [2.45, 2.75) is 13.5 Å². The number of fused-ring (bicyclic) bond motifs is 1. The van der Waals surface area contributed by atoms with Crippen LogP contribution >= 0.6 is 0 Å². The summed E-state index contributed by atoms with van der Waals surface area (Å²) in [6.45, 7) is 5.49. The van der Waals surface area contributed by atoms with Crippen LogP contribution in [-0.4, -0.2) is 52.4 Å². The highest BCUT2D eigenvalue weighted by Crippen LogP contribution is 2.25. The van der Waals surface area contributed by atoms with Gasteiger partial charge in [-0.1, -0.05) is 5.92 Å². The van der Waals surface area contributed by atoms with Crippen LogP contribution < -0.4 is 25.2 Å². The summed E-state index contributed by atoms with van der Waals surface area (Å²) in [6.07, 6.45) is 0. The van der Waals surface area contributed by atoms with E-state index in [-0.39, 0.29) is 11.6 Å². The summed E-state index contributed by atoms with van der Waals surface area (Å²) in [6, 6.07) is 7.27. The van der Waals surface area contributed by atoms with Crippen LogP contribution in [0, 0.1) is 11.8 Å². The number of hydrogen-bond acceptors (Lipinski definition) is 7. The van der Waals surface area contributed by atoms with Crippen LogP contribution in [0.3, 0.4) is 0 Å². The Labute approximate surface area is 174 Å². The summed E-state index contributed by atoms with van der Waals surface area (Å²) in [5.41, 5.74) is 0.555. The summed E-state index contributed by atoms with van der Waals surface area (Å²) in [5, 5.41) is 3.33. The van der Waals surface area contributed by atoms with E-state index >= 15 is 0 Å². The molecule has 1 aliphatic heterocycles. The molecule has 1 saturated heterocycles. The SMILES string of the molecule is CC#CCn1c(N2CCNCC2)nc2nc(Oc3ccc(OC)cc3)n(C)c(=O)c21. The van der Waals surface area contributed by atoms with Crippen LogP contribution in [-0.2, 0) is 13.6 Å². The van der Waals surface area contributed by atoms with Gasteiger partial charge in [-0.2, -0.15) is 9.97 Å². The van der Waals surface area contributed by atoms with E-state index in [2.05, 4.69) is 32.0 Å². The maximum Gasteiger partial charge on any atom is 0.306 e. The van der Waals surface area contributed by atoms with Gasteiger partial charge >= 0.3 is 6.01 Å². The standard InChI is InChI=1S/C21H24N6O3/c1-4-5-12-27-17-18(23-20(27)26-13-10-22-11-14-26)24-21(25(2)19(17)28)30-16-8-6-15(29-3)7-9-16/h6-9,22H,10-14H2,1-3H3. The third-order valence-corrected chi connectivity index (χ3v) is 5.01. The molecule has 1 N–H and O–H groups in total. The van der Waals surface area contributed by atoms with Gasteiger partial charge in [-0.3, -0.25) is 13.9 Å². The minimum atomic E-state index is -0.227. The zero-order valence-corrected chi connectivity index (χ0v) is 17.3. The molecule has 3 heterocycles. The van der Waals surface area contributed by atoms with E-state index in [9.17, 15) is 4.79 Å². The first-order chi connectivity index (χ1) is 14.6. The Morgan fingerprint density at radius 2 is 1.83 bits per heavy atom. The van der Waals surface area contributed by atoms with Gasteiger partial charge in [0.15, 0.2) is 11.2 Å². The lowest BCUT2D eigenvalue weighted by molar-refractivity contribution is 0.404. The number of nitrogens with one attached hydrogen (secondary N) is 1. The summed E-state index contributed by atoms with van der Waals surface area (Å²) in [5.74, 6) is 7.92. The molecule has 9 heteroatoms. The number of piperazine rings is 1. The van der Waals surface area contributed by atoms with Crippen molar-refractivity contribution in [2.75, 3.05) is 38.2 Å². The molecular weight excluding hydrogens is 384 g/mol. The van der Waals surface area contributed by atoms with Crippen molar-refractivity contribution >= 4 is 17.1 Å². The number of hydrogen-bond donors (Lipinski definition) is 1. The van der Waals surface area contributed by atoms with Crippen LogP contribution in [0.15, 0.2) is 29.1 Å². The van der Waals surface area contributed by atoms with Gasteiger partial charge in [0.25, 0.3) is 5.56 Å². The minimum absolute atomic E-state index is 0.177. The van der Waals surface area contributed by atoms with Crippen LogP contribution in [0.5, 0.6) is 17.5 Å². The highest BCUT2D eigenvalue weighted by molar-refractivity contribution is 5.75. The molecule has 2 aromatic heterocycles. The Morgan fingerprint density at radius 3 is 2.50 bits per heavy atom. The number of rotatable bonds is 5. The van der Waals surface area contributed by atoms with Crippen LogP contribution in [0.4, 0.5) is 5.95 Å². The third kappa shape index (κ3) is 3.69. The molecule has 0 amide bonds. The average Bonchev–Trinajstić information content (AvgIpc) is 3.15. The number of nitrogens with zero attached hydrogens (tertiary/aromatic N) is 5. The van der Waals surface area contributed by atoms with Crippen LogP contribution in [0.1, 0.15) is 6.92 Å². The van der Waals surface area contributed by atoms with Gasteiger partial charge < -0.3 is 19.7 Å². The molecule has 9 nitrogen and oxygen atoms in total. The molecule has 1 aliphatic rings. The van der Waals surface area contributed by atoms with Gasteiger partial charge in [-0.05, 0) is 31.2 Å². The quantitative estimate of drug-likeness (QED) is 0.638. The molecule has 0 atom stereocenters. The van der Waals surface area contributed by atoms with Gasteiger partial charge in [0, 0.05) is 33.2 Å². The van der Waals surface area contributed by atoms with E-state index in [1.54, 1.807) is 45.3 Å². The Morgan fingerprint density at radius 1 is 1.13 bits per heavy atom. The number of imidazole rings is 1. The second-order valence-corrected chi connectivity index (χ2v) is 6.87. The smallest absolute Gasteiger partial charge is 0.306 e. The molecule has 4 rings (SSSR count). The largest absolute Gasteiger partial charge is 0.497 e. The lowest BCUT2D eigenvalue weighted by atomic mass is 10.3. The number of methoxy groups -OCH3 is 1. The van der Waals surface area contributed by atoms with Gasteiger partial charge in [-0.15, -0.1) is 5.92 Å². The first-order valence-electron chi connectivity index (χ1n) is 9.77. The maximum atomic E-state index is 13.2. The summed E-state index contributed by atoms with van der Waals surface area (Å²) < 4.78 is 14.3. The highest BCUT2D eigenvalue weighted by Gasteiger charge is 2.23. The number of aromatic nitrogens is 4. The number of benzene rings is 1. The summed E-state index contributed by atoms with van der Waals surface area (Å²) >= 11 is 0. The second-order valence-electron chi connectivity index (χ2n) is 6.87. The van der Waals surface area contributed by atoms with Crippen molar-refractivity contribution in [3.05, 3.63) is 34.6 Å². The maximum absolute atomic E-state index is 13.2. The second kappa shape index (κ2) is 8.47. The molecule has 0 spiro atoms. The van der Waals surface area contributed by atoms with Gasteiger partial charge in [0.2, 0.25) is 5.95 Å². The van der Waals surface area contributed by atoms with E-state index in [1.165, 1.54) is 4.57 Å². The Hall–Kier alpha value is -3.51. The first-order valence-corrected chi connectivity index (χ1v) is 9.77. The fourth-order valence-electron chi connectivity index (χ4n) is 3.38. The molecule has 0 unspecified atom stereocenters. The van der Waals surface area contributed by atoms with E-state index in [0.717, 1.165) is 31.9 Å². The molecule has 156 valence electrons. The van der Waals surface area contributed by atoms with E-state index in [4.69, 9.17) is 9.47 Å². The predicted molar refractivity (Wildman–Crippen MR) is 114 cm³/mol. The molecule has 1 fully saturated rings. The number of anilines is 1. The molecule has 0 radical (unpaired) electrons. The molecule has 3 aromatic rings. The summed E-state index contributed by atoms with van der Waals surface area (Å²) in [7, 11) is 3.24. The van der Waals surface area contributed by atoms with Gasteiger partial charge in [-0.25, -0.2) is 0 Å². The molecule has 1 aromatic carbocycles. The Balaban J connectivity index is 1.79. The average molecular weight is 408 g/mol. The Kier molecular flexibility index (Phi) is 5.59. The Bertz CT molecular complexity index is 1160. The van der Waals surface area contributed by atoms with Crippen molar-refractivity contribution in [3.63, 3.8) is 0 Å². The lowest BCUT2D eigenvalue weighted by Crippen LogP contribution is -2.44. The fraction of sp³-hybridized carbons (Fsp3) is 0.381. The first kappa shape index (κ1) is 19.8. The zero-order valence-electron chi connectivity index (χ0n) is 17.3. The van der Waals surface area contributed by atoms with Crippen molar-refractivity contribution in [3.8, 4) is 29.4 Å². The summed E-state index contributed by atoms with van der Waals surface area (Å²) in [4.78, 5) is 24.6. The van der Waals surface area contributed by atoms with E-state index in [1.807, 2.05) is 4.57 Å². The van der Waals surface area contributed by atoms with Crippen molar-refractivity contribution in [2.24, 2.45) is 7.05 Å². The topological polar surface area (TPSA) is 86.4 Å². The molecule has 0 saturated carbocycles. The molecule has 0 aliphatic carbocycles. The minimum Gasteiger partial charge on any atom is -0.497 e. The normalized spacial score (nSPS) is 13.8.